The minimum Gasteiger partial charge on any atom is -0.499 e. The fraction of sp³-hybridized carbons (Fsp3) is 0.226. The first-order valence-corrected chi connectivity index (χ1v) is 13.2. The number of ether oxygens (including phenoxy) is 1. The molecule has 0 spiro atoms. The van der Waals surface area contributed by atoms with Gasteiger partial charge < -0.3 is 15.4 Å². The summed E-state index contributed by atoms with van der Waals surface area (Å²) >= 11 is 6.46. The molecule has 0 atom stereocenters. The first kappa shape index (κ1) is 27.8. The van der Waals surface area contributed by atoms with Gasteiger partial charge in [0.15, 0.2) is 0 Å². The molecule has 0 fully saturated rings. The molecule has 0 aliphatic heterocycles. The standard InChI is InChI=1S/C31H31ClN4O3/c1-5-22(39-6-2)13-14-33-31(38)27-12-11-21(18-34-27)35-30(37)25-17-28(23-9-7-8-10-26(23)32)36-29-20(4)15-19(3)16-24(25)29/h5,7-12,15-18H,6,13-14H2,1-4H3,(H,33,38)(H,35,37)/b22-5-. The molecule has 0 unspecified atom stereocenters. The number of carbonyl (C=O) groups is 2. The average molecular weight is 543 g/mol. The Kier molecular flexibility index (Phi) is 8.94. The Bertz CT molecular complexity index is 1550. The predicted octanol–water partition coefficient (Wildman–Crippen LogP) is 6.88. The number of pyridine rings is 2. The van der Waals surface area contributed by atoms with Crippen LogP contribution in [-0.4, -0.2) is 34.9 Å². The van der Waals surface area contributed by atoms with E-state index in [0.717, 1.165) is 33.4 Å². The summed E-state index contributed by atoms with van der Waals surface area (Å²) in [5, 5.41) is 7.05. The van der Waals surface area contributed by atoms with Crippen molar-refractivity contribution < 1.29 is 14.3 Å². The number of amides is 2. The Morgan fingerprint density at radius 1 is 1.05 bits per heavy atom. The first-order chi connectivity index (χ1) is 18.8. The lowest BCUT2D eigenvalue weighted by Gasteiger charge is -2.14. The molecule has 0 saturated heterocycles. The van der Waals surface area contributed by atoms with E-state index in [-0.39, 0.29) is 17.5 Å². The lowest BCUT2D eigenvalue weighted by molar-refractivity contribution is 0.0946. The fourth-order valence-corrected chi connectivity index (χ4v) is 4.58. The van der Waals surface area contributed by atoms with Gasteiger partial charge in [0.1, 0.15) is 5.69 Å². The summed E-state index contributed by atoms with van der Waals surface area (Å²) in [5.74, 6) is 0.223. The zero-order valence-corrected chi connectivity index (χ0v) is 23.2. The zero-order valence-electron chi connectivity index (χ0n) is 22.5. The molecule has 0 aliphatic carbocycles. The largest absolute Gasteiger partial charge is 0.499 e. The monoisotopic (exact) mass is 542 g/mol. The third-order valence-corrected chi connectivity index (χ3v) is 6.53. The van der Waals surface area contributed by atoms with Crippen LogP contribution in [0.2, 0.25) is 5.02 Å². The van der Waals surface area contributed by atoms with Gasteiger partial charge in [0.05, 0.1) is 41.0 Å². The number of aryl methyl sites for hydroxylation is 2. The summed E-state index contributed by atoms with van der Waals surface area (Å²) in [6, 6.07) is 16.4. The summed E-state index contributed by atoms with van der Waals surface area (Å²) in [5.41, 5.74) is 5.28. The van der Waals surface area contributed by atoms with Gasteiger partial charge in [0, 0.05) is 28.9 Å². The van der Waals surface area contributed by atoms with Crippen LogP contribution < -0.4 is 10.6 Å². The maximum absolute atomic E-state index is 13.5. The van der Waals surface area contributed by atoms with Gasteiger partial charge in [-0.3, -0.25) is 9.59 Å². The Morgan fingerprint density at radius 2 is 1.85 bits per heavy atom. The maximum Gasteiger partial charge on any atom is 0.269 e. The zero-order chi connectivity index (χ0) is 27.9. The van der Waals surface area contributed by atoms with Gasteiger partial charge in [0.2, 0.25) is 0 Å². The van der Waals surface area contributed by atoms with Gasteiger partial charge in [-0.15, -0.1) is 0 Å². The highest BCUT2D eigenvalue weighted by Gasteiger charge is 2.18. The van der Waals surface area contributed by atoms with E-state index in [4.69, 9.17) is 21.3 Å². The van der Waals surface area contributed by atoms with Crippen LogP contribution in [0.3, 0.4) is 0 Å². The van der Waals surface area contributed by atoms with Crippen molar-refractivity contribution in [2.45, 2.75) is 34.1 Å². The molecule has 2 aromatic heterocycles. The van der Waals surface area contributed by atoms with E-state index in [0.29, 0.717) is 41.5 Å². The molecular formula is C31H31ClN4O3. The molecule has 0 bridgehead atoms. The van der Waals surface area contributed by atoms with Gasteiger partial charge in [-0.1, -0.05) is 41.4 Å². The number of nitrogens with one attached hydrogen (secondary N) is 2. The molecule has 2 N–H and O–H groups in total. The number of hydrogen-bond acceptors (Lipinski definition) is 5. The van der Waals surface area contributed by atoms with Crippen molar-refractivity contribution >= 4 is 40.0 Å². The maximum atomic E-state index is 13.5. The molecule has 8 heteroatoms. The van der Waals surface area contributed by atoms with E-state index in [1.807, 2.05) is 64.1 Å². The first-order valence-electron chi connectivity index (χ1n) is 12.8. The van der Waals surface area contributed by atoms with Crippen molar-refractivity contribution in [2.24, 2.45) is 0 Å². The molecule has 2 heterocycles. The van der Waals surface area contributed by atoms with Crippen LogP contribution in [0.1, 0.15) is 52.2 Å². The summed E-state index contributed by atoms with van der Waals surface area (Å²) in [7, 11) is 0. The van der Waals surface area contributed by atoms with Crippen LogP contribution in [0, 0.1) is 13.8 Å². The van der Waals surface area contributed by atoms with Crippen LogP contribution in [0.15, 0.2) is 72.6 Å². The second kappa shape index (κ2) is 12.5. The molecule has 0 saturated carbocycles. The van der Waals surface area contributed by atoms with Crippen LogP contribution >= 0.6 is 11.6 Å². The molecule has 39 heavy (non-hydrogen) atoms. The highest BCUT2D eigenvalue weighted by Crippen LogP contribution is 2.31. The van der Waals surface area contributed by atoms with Crippen molar-refractivity contribution in [3.63, 3.8) is 0 Å². The molecule has 200 valence electrons. The Hall–Kier alpha value is -4.23. The van der Waals surface area contributed by atoms with Crippen molar-refractivity contribution in [2.75, 3.05) is 18.5 Å². The van der Waals surface area contributed by atoms with Gasteiger partial charge in [-0.05, 0) is 69.7 Å². The summed E-state index contributed by atoms with van der Waals surface area (Å²) < 4.78 is 5.49. The SMILES string of the molecule is C/C=C(/CCNC(=O)c1ccc(NC(=O)c2cc(-c3ccccc3Cl)nc3c(C)cc(C)cc23)cn1)OCC. The molecule has 7 nitrogen and oxygen atoms in total. The van der Waals surface area contributed by atoms with E-state index in [2.05, 4.69) is 15.6 Å². The Morgan fingerprint density at radius 3 is 2.54 bits per heavy atom. The Labute approximate surface area is 233 Å². The predicted molar refractivity (Wildman–Crippen MR) is 156 cm³/mol. The number of allylic oxidation sites excluding steroid dienone is 1. The van der Waals surface area contributed by atoms with E-state index < -0.39 is 0 Å². The normalized spacial score (nSPS) is 11.4. The van der Waals surface area contributed by atoms with Crippen LogP contribution in [0.5, 0.6) is 0 Å². The molecule has 4 aromatic rings. The minimum absolute atomic E-state index is 0.257. The topological polar surface area (TPSA) is 93.2 Å². The minimum atomic E-state index is -0.311. The van der Waals surface area contributed by atoms with Crippen molar-refractivity contribution in [1.29, 1.82) is 0 Å². The van der Waals surface area contributed by atoms with Gasteiger partial charge in [-0.25, -0.2) is 9.97 Å². The number of anilines is 1. The number of hydrogen-bond donors (Lipinski definition) is 2. The second-order valence-electron chi connectivity index (χ2n) is 9.09. The number of nitrogens with zero attached hydrogens (tertiary/aromatic N) is 2. The smallest absolute Gasteiger partial charge is 0.269 e. The average Bonchev–Trinajstić information content (AvgIpc) is 2.92. The summed E-state index contributed by atoms with van der Waals surface area (Å²) in [6.07, 6.45) is 3.95. The molecule has 2 amide bonds. The number of fused-ring (bicyclic) bond motifs is 1. The number of halogens is 1. The highest BCUT2D eigenvalue weighted by molar-refractivity contribution is 6.33. The molecule has 0 aliphatic rings. The number of benzene rings is 2. The highest BCUT2D eigenvalue weighted by atomic mass is 35.5. The van der Waals surface area contributed by atoms with Gasteiger partial charge in [0.25, 0.3) is 11.8 Å². The third-order valence-electron chi connectivity index (χ3n) is 6.21. The van der Waals surface area contributed by atoms with E-state index in [1.165, 1.54) is 6.20 Å². The summed E-state index contributed by atoms with van der Waals surface area (Å²) in [4.78, 5) is 35.1. The number of rotatable bonds is 9. The second-order valence-corrected chi connectivity index (χ2v) is 9.50. The molecule has 2 aromatic carbocycles. The Balaban J connectivity index is 1.56. The lowest BCUT2D eigenvalue weighted by Crippen LogP contribution is -2.26. The van der Waals surface area contributed by atoms with Crippen molar-refractivity contribution in [3.05, 3.63) is 100 Å². The van der Waals surface area contributed by atoms with E-state index in [1.54, 1.807) is 24.3 Å². The van der Waals surface area contributed by atoms with Crippen LogP contribution in [-0.2, 0) is 4.74 Å². The number of aromatic nitrogens is 2. The van der Waals surface area contributed by atoms with Crippen LogP contribution in [0.25, 0.3) is 22.2 Å². The number of carbonyl (C=O) groups excluding carboxylic acids is 2. The van der Waals surface area contributed by atoms with Crippen molar-refractivity contribution in [1.82, 2.24) is 15.3 Å². The quantitative estimate of drug-likeness (QED) is 0.225. The fourth-order valence-electron chi connectivity index (χ4n) is 4.35. The van der Waals surface area contributed by atoms with Crippen LogP contribution in [0.4, 0.5) is 5.69 Å². The molecule has 0 radical (unpaired) electrons. The van der Waals surface area contributed by atoms with Gasteiger partial charge >= 0.3 is 0 Å². The summed E-state index contributed by atoms with van der Waals surface area (Å²) in [6.45, 7) is 8.79. The lowest BCUT2D eigenvalue weighted by atomic mass is 9.99. The van der Waals surface area contributed by atoms with E-state index >= 15 is 0 Å². The molecular weight excluding hydrogens is 512 g/mol. The van der Waals surface area contributed by atoms with Gasteiger partial charge in [-0.2, -0.15) is 0 Å². The third kappa shape index (κ3) is 6.62. The molecule has 4 rings (SSSR count). The van der Waals surface area contributed by atoms with Crippen molar-refractivity contribution in [3.8, 4) is 11.3 Å². The van der Waals surface area contributed by atoms with E-state index in [9.17, 15) is 9.59 Å².